The zero-order chi connectivity index (χ0) is 21.9. The summed E-state index contributed by atoms with van der Waals surface area (Å²) < 4.78 is 33.1. The first-order valence-electron chi connectivity index (χ1n) is 8.46. The van der Waals surface area contributed by atoms with E-state index in [9.17, 15) is 18.3 Å². The van der Waals surface area contributed by atoms with Crippen molar-refractivity contribution in [1.82, 2.24) is 0 Å². The van der Waals surface area contributed by atoms with Crippen molar-refractivity contribution in [3.05, 3.63) is 76.3 Å². The molecule has 0 radical (unpaired) electrons. The molecule has 0 atom stereocenters. The third kappa shape index (κ3) is 4.96. The van der Waals surface area contributed by atoms with Crippen LogP contribution in [0.15, 0.2) is 65.6 Å². The first kappa shape index (κ1) is 21.8. The summed E-state index contributed by atoms with van der Waals surface area (Å²) in [4.78, 5) is 12.3. The van der Waals surface area contributed by atoms with Gasteiger partial charge in [0.15, 0.2) is 0 Å². The monoisotopic (exact) mass is 466 g/mol. The number of para-hydroxylation sites is 2. The van der Waals surface area contributed by atoms with Gasteiger partial charge in [0.05, 0.1) is 23.4 Å². The van der Waals surface area contributed by atoms with Gasteiger partial charge in [0.1, 0.15) is 11.5 Å². The molecule has 0 aliphatic heterocycles. The lowest BCUT2D eigenvalue weighted by atomic mass is 10.2. The number of ether oxygens (including phenoxy) is 1. The molecule has 0 aromatic heterocycles. The third-order valence-electron chi connectivity index (χ3n) is 4.00. The summed E-state index contributed by atoms with van der Waals surface area (Å²) >= 11 is 11.8. The molecule has 3 N–H and O–H groups in total. The number of benzene rings is 3. The van der Waals surface area contributed by atoms with Crippen molar-refractivity contribution in [3.63, 3.8) is 0 Å². The fraction of sp³-hybridized carbons (Fsp3) is 0.0500. The number of carbonyl (C=O) groups excluding carboxylic acids is 1. The fourth-order valence-corrected chi connectivity index (χ4v) is 4.22. The van der Waals surface area contributed by atoms with E-state index in [1.807, 2.05) is 0 Å². The zero-order valence-electron chi connectivity index (χ0n) is 15.5. The molecule has 0 saturated heterocycles. The van der Waals surface area contributed by atoms with Crippen molar-refractivity contribution < 1.29 is 23.1 Å². The van der Waals surface area contributed by atoms with E-state index in [2.05, 4.69) is 10.0 Å². The number of carbonyl (C=O) groups is 1. The summed E-state index contributed by atoms with van der Waals surface area (Å²) in [7, 11) is -2.61. The Kier molecular flexibility index (Phi) is 6.40. The van der Waals surface area contributed by atoms with Crippen LogP contribution >= 0.6 is 23.2 Å². The van der Waals surface area contributed by atoms with E-state index in [-0.39, 0.29) is 37.6 Å². The van der Waals surface area contributed by atoms with Gasteiger partial charge >= 0.3 is 0 Å². The van der Waals surface area contributed by atoms with Crippen LogP contribution in [0.3, 0.4) is 0 Å². The lowest BCUT2D eigenvalue weighted by Crippen LogP contribution is -2.15. The maximum atomic E-state index is 12.8. The molecule has 0 fully saturated rings. The van der Waals surface area contributed by atoms with Crippen molar-refractivity contribution in [2.24, 2.45) is 0 Å². The molecular formula is C20H16Cl2N2O5S. The molecule has 0 bridgehead atoms. The standard InChI is InChI=1S/C20H16Cl2N2O5S/c1-29-19-5-3-2-4-16(19)24-30(27,28)15-6-7-18(25)17(11-15)23-20(26)12-8-13(21)10-14(22)9-12/h2-11,24-25H,1H3,(H,23,26). The summed E-state index contributed by atoms with van der Waals surface area (Å²) in [5.74, 6) is -0.596. The Bertz CT molecular complexity index is 1200. The highest BCUT2D eigenvalue weighted by Gasteiger charge is 2.19. The molecule has 3 rings (SSSR count). The molecule has 1 amide bonds. The summed E-state index contributed by atoms with van der Waals surface area (Å²) in [6, 6.07) is 14.3. The second-order valence-corrected chi connectivity index (χ2v) is 8.65. The quantitative estimate of drug-likeness (QED) is 0.454. The Morgan fingerprint density at radius 3 is 2.30 bits per heavy atom. The first-order chi connectivity index (χ1) is 14.2. The SMILES string of the molecule is COc1ccccc1NS(=O)(=O)c1ccc(O)c(NC(=O)c2cc(Cl)cc(Cl)c2)c1. The van der Waals surface area contributed by atoms with Gasteiger partial charge in [0, 0.05) is 15.6 Å². The Labute approximate surface area is 183 Å². The minimum Gasteiger partial charge on any atom is -0.506 e. The van der Waals surface area contributed by atoms with Gasteiger partial charge in [-0.25, -0.2) is 8.42 Å². The van der Waals surface area contributed by atoms with Crippen LogP contribution in [0.2, 0.25) is 10.0 Å². The maximum absolute atomic E-state index is 12.8. The fourth-order valence-electron chi connectivity index (χ4n) is 2.59. The van der Waals surface area contributed by atoms with Crippen LogP contribution in [0.1, 0.15) is 10.4 Å². The molecule has 3 aromatic carbocycles. The number of rotatable bonds is 6. The maximum Gasteiger partial charge on any atom is 0.262 e. The van der Waals surface area contributed by atoms with Crippen molar-refractivity contribution in [2.75, 3.05) is 17.1 Å². The average Bonchev–Trinajstić information content (AvgIpc) is 2.69. The van der Waals surface area contributed by atoms with E-state index in [1.165, 1.54) is 31.4 Å². The smallest absolute Gasteiger partial charge is 0.262 e. The first-order valence-corrected chi connectivity index (χ1v) is 10.7. The molecule has 7 nitrogen and oxygen atoms in total. The van der Waals surface area contributed by atoms with E-state index in [0.717, 1.165) is 12.1 Å². The molecule has 3 aromatic rings. The topological polar surface area (TPSA) is 105 Å². The van der Waals surface area contributed by atoms with Gasteiger partial charge in [-0.15, -0.1) is 0 Å². The van der Waals surface area contributed by atoms with Gasteiger partial charge in [-0.3, -0.25) is 9.52 Å². The number of sulfonamides is 1. The summed E-state index contributed by atoms with van der Waals surface area (Å²) in [6.45, 7) is 0. The van der Waals surface area contributed by atoms with E-state index in [4.69, 9.17) is 27.9 Å². The van der Waals surface area contributed by atoms with Crippen LogP contribution in [0.4, 0.5) is 11.4 Å². The molecule has 0 aliphatic carbocycles. The minimum absolute atomic E-state index is 0.0981. The predicted octanol–water partition coefficient (Wildman–Crippen LogP) is 4.76. The number of phenols is 1. The van der Waals surface area contributed by atoms with Crippen LogP contribution in [0, 0.1) is 0 Å². The van der Waals surface area contributed by atoms with Crippen LogP contribution in [0.25, 0.3) is 0 Å². The summed E-state index contributed by atoms with van der Waals surface area (Å²) in [5, 5.41) is 13.0. The van der Waals surface area contributed by atoms with Crippen molar-refractivity contribution in [3.8, 4) is 11.5 Å². The molecule has 10 heteroatoms. The third-order valence-corrected chi connectivity index (χ3v) is 5.80. The zero-order valence-corrected chi connectivity index (χ0v) is 17.8. The molecule has 156 valence electrons. The van der Waals surface area contributed by atoms with Crippen LogP contribution in [0.5, 0.6) is 11.5 Å². The van der Waals surface area contributed by atoms with Gasteiger partial charge in [-0.2, -0.15) is 0 Å². The second kappa shape index (κ2) is 8.83. The predicted molar refractivity (Wildman–Crippen MR) is 116 cm³/mol. The molecule has 0 spiro atoms. The van der Waals surface area contributed by atoms with Gasteiger partial charge < -0.3 is 15.2 Å². The Hall–Kier alpha value is -2.94. The highest BCUT2D eigenvalue weighted by atomic mass is 35.5. The van der Waals surface area contributed by atoms with Gasteiger partial charge in [0.25, 0.3) is 15.9 Å². The van der Waals surface area contributed by atoms with E-state index in [1.54, 1.807) is 24.3 Å². The number of aromatic hydroxyl groups is 1. The number of anilines is 2. The molecule has 0 aliphatic rings. The van der Waals surface area contributed by atoms with Crippen molar-refractivity contribution in [1.29, 1.82) is 0 Å². The van der Waals surface area contributed by atoms with Gasteiger partial charge in [0.2, 0.25) is 0 Å². The Morgan fingerprint density at radius 1 is 0.967 bits per heavy atom. The van der Waals surface area contributed by atoms with E-state index < -0.39 is 15.9 Å². The number of phenolic OH excluding ortho intramolecular Hbond substituents is 1. The number of halogens is 2. The molecule has 0 unspecified atom stereocenters. The molecule has 30 heavy (non-hydrogen) atoms. The molecular weight excluding hydrogens is 451 g/mol. The van der Waals surface area contributed by atoms with Crippen LogP contribution < -0.4 is 14.8 Å². The van der Waals surface area contributed by atoms with Crippen molar-refractivity contribution >= 4 is 50.5 Å². The number of amides is 1. The lowest BCUT2D eigenvalue weighted by molar-refractivity contribution is 0.102. The number of hydrogen-bond donors (Lipinski definition) is 3. The number of hydrogen-bond acceptors (Lipinski definition) is 5. The summed E-state index contributed by atoms with van der Waals surface area (Å²) in [5.41, 5.74) is 0.290. The number of nitrogens with one attached hydrogen (secondary N) is 2. The molecule has 0 heterocycles. The Balaban J connectivity index is 1.89. The normalized spacial score (nSPS) is 11.0. The van der Waals surface area contributed by atoms with Crippen LogP contribution in [-0.2, 0) is 10.0 Å². The average molecular weight is 467 g/mol. The van der Waals surface area contributed by atoms with Crippen molar-refractivity contribution in [2.45, 2.75) is 4.90 Å². The van der Waals surface area contributed by atoms with Gasteiger partial charge in [-0.05, 0) is 48.5 Å². The largest absolute Gasteiger partial charge is 0.506 e. The molecule has 0 saturated carbocycles. The Morgan fingerprint density at radius 2 is 1.63 bits per heavy atom. The number of methoxy groups -OCH3 is 1. The second-order valence-electron chi connectivity index (χ2n) is 6.10. The lowest BCUT2D eigenvalue weighted by Gasteiger charge is -2.13. The van der Waals surface area contributed by atoms with E-state index in [0.29, 0.717) is 5.75 Å². The highest BCUT2D eigenvalue weighted by Crippen LogP contribution is 2.30. The van der Waals surface area contributed by atoms with Crippen LogP contribution in [-0.4, -0.2) is 26.5 Å². The summed E-state index contributed by atoms with van der Waals surface area (Å²) in [6.07, 6.45) is 0. The van der Waals surface area contributed by atoms with Gasteiger partial charge in [-0.1, -0.05) is 35.3 Å². The highest BCUT2D eigenvalue weighted by molar-refractivity contribution is 7.92. The van der Waals surface area contributed by atoms with E-state index >= 15 is 0 Å². The minimum atomic E-state index is -4.03.